The number of allylic oxidation sites excluding steroid dienone is 3. The summed E-state index contributed by atoms with van der Waals surface area (Å²) in [5.74, 6) is 1.80. The Morgan fingerprint density at radius 3 is 2.80 bits per heavy atom. The average molecular weight is 204 g/mol. The molecule has 1 unspecified atom stereocenters. The van der Waals surface area contributed by atoms with Gasteiger partial charge in [-0.15, -0.1) is 0 Å². The number of hydrogen-bond acceptors (Lipinski definition) is 0. The van der Waals surface area contributed by atoms with E-state index in [0.29, 0.717) is 5.41 Å². The highest BCUT2D eigenvalue weighted by Crippen LogP contribution is 2.69. The molecule has 0 amide bonds. The summed E-state index contributed by atoms with van der Waals surface area (Å²) in [4.78, 5) is 0. The van der Waals surface area contributed by atoms with Crippen molar-refractivity contribution in [2.45, 2.75) is 52.9 Å². The highest BCUT2D eigenvalue weighted by Gasteiger charge is 2.60. The van der Waals surface area contributed by atoms with Gasteiger partial charge in [0.15, 0.2) is 0 Å². The molecule has 84 valence electrons. The first-order valence-electron chi connectivity index (χ1n) is 6.37. The molecule has 0 saturated heterocycles. The first kappa shape index (κ1) is 11.0. The van der Waals surface area contributed by atoms with Gasteiger partial charge in [0.25, 0.3) is 0 Å². The Bertz CT molecular complexity index is 293. The molecule has 0 aromatic heterocycles. The monoisotopic (exact) mass is 204 g/mol. The van der Waals surface area contributed by atoms with Crippen LogP contribution >= 0.6 is 0 Å². The predicted octanol–water partition coefficient (Wildman–Crippen LogP) is 4.73. The largest absolute Gasteiger partial charge is 0.0996 e. The molecule has 0 bridgehead atoms. The Hall–Kier alpha value is -0.520. The molecule has 2 fully saturated rings. The Balaban J connectivity index is 1.85. The lowest BCUT2D eigenvalue weighted by Crippen LogP contribution is -2.11. The minimum atomic E-state index is 0.701. The molecular formula is C15H24. The van der Waals surface area contributed by atoms with Crippen LogP contribution in [0.25, 0.3) is 0 Å². The summed E-state index contributed by atoms with van der Waals surface area (Å²) < 4.78 is 0. The lowest BCUT2D eigenvalue weighted by Gasteiger charge is -2.20. The van der Waals surface area contributed by atoms with Gasteiger partial charge in [-0.1, -0.05) is 30.7 Å². The van der Waals surface area contributed by atoms with Gasteiger partial charge in [-0.05, 0) is 63.2 Å². The van der Waals surface area contributed by atoms with E-state index in [2.05, 4.69) is 33.4 Å². The summed E-state index contributed by atoms with van der Waals surface area (Å²) in [6, 6.07) is 0. The summed E-state index contributed by atoms with van der Waals surface area (Å²) in [6.07, 6.45) is 9.19. The van der Waals surface area contributed by atoms with Gasteiger partial charge in [0.2, 0.25) is 0 Å². The van der Waals surface area contributed by atoms with Crippen molar-refractivity contribution >= 4 is 0 Å². The highest BCUT2D eigenvalue weighted by molar-refractivity contribution is 5.26. The first-order chi connectivity index (χ1) is 7.06. The summed E-state index contributed by atoms with van der Waals surface area (Å²) in [6.45, 7) is 11.0. The van der Waals surface area contributed by atoms with E-state index in [9.17, 15) is 0 Å². The molecule has 0 spiro atoms. The molecular weight excluding hydrogens is 180 g/mol. The molecule has 2 aliphatic carbocycles. The van der Waals surface area contributed by atoms with Gasteiger partial charge >= 0.3 is 0 Å². The zero-order valence-corrected chi connectivity index (χ0v) is 10.5. The fourth-order valence-electron chi connectivity index (χ4n) is 3.42. The van der Waals surface area contributed by atoms with Gasteiger partial charge in [-0.3, -0.25) is 0 Å². The van der Waals surface area contributed by atoms with Crippen LogP contribution in [0.3, 0.4) is 0 Å². The molecule has 0 aromatic carbocycles. The van der Waals surface area contributed by atoms with Gasteiger partial charge < -0.3 is 0 Å². The van der Waals surface area contributed by atoms with E-state index in [4.69, 9.17) is 0 Å². The van der Waals surface area contributed by atoms with Gasteiger partial charge in [0, 0.05) is 0 Å². The maximum Gasteiger partial charge on any atom is -0.0141 e. The van der Waals surface area contributed by atoms with E-state index in [1.54, 1.807) is 5.57 Å². The average Bonchev–Trinajstić information content (AvgIpc) is 2.82. The van der Waals surface area contributed by atoms with Crippen molar-refractivity contribution in [1.82, 2.24) is 0 Å². The van der Waals surface area contributed by atoms with Crippen molar-refractivity contribution in [2.24, 2.45) is 17.3 Å². The van der Waals surface area contributed by atoms with Crippen LogP contribution in [-0.2, 0) is 0 Å². The SMILES string of the molecule is C=C1CC[C@@]2(C(C)CCC=C(C)C)C[C@H]12. The van der Waals surface area contributed by atoms with Gasteiger partial charge in [0.05, 0.1) is 0 Å². The molecule has 0 N–H and O–H groups in total. The molecule has 0 heteroatoms. The lowest BCUT2D eigenvalue weighted by atomic mass is 9.85. The maximum atomic E-state index is 4.20. The van der Waals surface area contributed by atoms with E-state index in [1.807, 2.05) is 0 Å². The second kappa shape index (κ2) is 3.81. The normalized spacial score (nSPS) is 34.9. The summed E-state index contributed by atoms with van der Waals surface area (Å²) in [5.41, 5.74) is 3.71. The Morgan fingerprint density at radius 1 is 1.60 bits per heavy atom. The van der Waals surface area contributed by atoms with Crippen LogP contribution < -0.4 is 0 Å². The molecule has 0 nitrogen and oxygen atoms in total. The van der Waals surface area contributed by atoms with E-state index in [0.717, 1.165) is 11.8 Å². The smallest absolute Gasteiger partial charge is 0.0141 e. The van der Waals surface area contributed by atoms with Gasteiger partial charge in [-0.25, -0.2) is 0 Å². The Kier molecular flexibility index (Phi) is 2.79. The molecule has 0 heterocycles. The van der Waals surface area contributed by atoms with Gasteiger partial charge in [0.1, 0.15) is 0 Å². The third-order valence-corrected chi connectivity index (χ3v) is 4.66. The molecule has 3 atom stereocenters. The van der Waals surface area contributed by atoms with E-state index in [1.165, 1.54) is 37.7 Å². The fourth-order valence-corrected chi connectivity index (χ4v) is 3.42. The summed E-state index contributed by atoms with van der Waals surface area (Å²) >= 11 is 0. The quantitative estimate of drug-likeness (QED) is 0.581. The van der Waals surface area contributed by atoms with Crippen LogP contribution in [0.4, 0.5) is 0 Å². The zero-order chi connectivity index (χ0) is 11.1. The standard InChI is InChI=1S/C15H24/c1-11(2)6-5-7-13(4)15-9-8-12(3)14(15)10-15/h6,13-14H,3,5,7-10H2,1-2,4H3/t13?,14-,15+/m1/s1. The van der Waals surface area contributed by atoms with E-state index < -0.39 is 0 Å². The van der Waals surface area contributed by atoms with Crippen LogP contribution in [0.2, 0.25) is 0 Å². The van der Waals surface area contributed by atoms with Crippen LogP contribution in [-0.4, -0.2) is 0 Å². The fraction of sp³-hybridized carbons (Fsp3) is 0.733. The van der Waals surface area contributed by atoms with Crippen LogP contribution in [0.15, 0.2) is 23.8 Å². The van der Waals surface area contributed by atoms with Crippen LogP contribution in [0.5, 0.6) is 0 Å². The van der Waals surface area contributed by atoms with E-state index >= 15 is 0 Å². The molecule has 0 aliphatic heterocycles. The third-order valence-electron chi connectivity index (χ3n) is 4.66. The number of hydrogen-bond donors (Lipinski definition) is 0. The molecule has 15 heavy (non-hydrogen) atoms. The predicted molar refractivity (Wildman–Crippen MR) is 66.7 cm³/mol. The second-order valence-electron chi connectivity index (χ2n) is 5.91. The van der Waals surface area contributed by atoms with Crippen LogP contribution in [0.1, 0.15) is 52.9 Å². The lowest BCUT2D eigenvalue weighted by molar-refractivity contribution is 0.302. The molecule has 2 rings (SSSR count). The molecule has 2 saturated carbocycles. The van der Waals surface area contributed by atoms with E-state index in [-0.39, 0.29) is 0 Å². The van der Waals surface area contributed by atoms with Gasteiger partial charge in [-0.2, -0.15) is 0 Å². The number of fused-ring (bicyclic) bond motifs is 1. The maximum absolute atomic E-state index is 4.20. The van der Waals surface area contributed by atoms with Crippen LogP contribution in [0, 0.1) is 17.3 Å². The molecule has 0 radical (unpaired) electrons. The topological polar surface area (TPSA) is 0 Å². The van der Waals surface area contributed by atoms with Crippen molar-refractivity contribution < 1.29 is 0 Å². The van der Waals surface area contributed by atoms with Crippen molar-refractivity contribution in [1.29, 1.82) is 0 Å². The van der Waals surface area contributed by atoms with Crippen molar-refractivity contribution in [3.63, 3.8) is 0 Å². The third kappa shape index (κ3) is 1.91. The zero-order valence-electron chi connectivity index (χ0n) is 10.5. The minimum Gasteiger partial charge on any atom is -0.0996 e. The molecule has 2 aliphatic rings. The summed E-state index contributed by atoms with van der Waals surface area (Å²) in [7, 11) is 0. The molecule has 0 aromatic rings. The van der Waals surface area contributed by atoms with Crippen molar-refractivity contribution in [3.05, 3.63) is 23.8 Å². The Labute approximate surface area is 94.5 Å². The van der Waals surface area contributed by atoms with Crippen molar-refractivity contribution in [2.75, 3.05) is 0 Å². The van der Waals surface area contributed by atoms with Crippen molar-refractivity contribution in [3.8, 4) is 0 Å². The second-order valence-corrected chi connectivity index (χ2v) is 5.91. The highest BCUT2D eigenvalue weighted by atomic mass is 14.6. The minimum absolute atomic E-state index is 0.701. The Morgan fingerprint density at radius 2 is 2.33 bits per heavy atom. The number of rotatable bonds is 4. The summed E-state index contributed by atoms with van der Waals surface area (Å²) in [5, 5.41) is 0. The first-order valence-corrected chi connectivity index (χ1v) is 6.37.